The Balaban J connectivity index is 1.77. The highest BCUT2D eigenvalue weighted by Crippen LogP contribution is 2.24. The molecule has 2 aliphatic rings. The lowest BCUT2D eigenvalue weighted by molar-refractivity contribution is -0.133. The summed E-state index contributed by atoms with van der Waals surface area (Å²) in [6.07, 6.45) is 6.65. The summed E-state index contributed by atoms with van der Waals surface area (Å²) in [5.41, 5.74) is 0. The van der Waals surface area contributed by atoms with E-state index >= 15 is 0 Å². The summed E-state index contributed by atoms with van der Waals surface area (Å²) in [5, 5.41) is 6.69. The molecule has 18 heavy (non-hydrogen) atoms. The second-order valence-electron chi connectivity index (χ2n) is 5.99. The molecule has 2 rings (SSSR count). The quantitative estimate of drug-likeness (QED) is 0.788. The van der Waals surface area contributed by atoms with Gasteiger partial charge in [-0.3, -0.25) is 4.79 Å². The number of nitrogens with zero attached hydrogens (tertiary/aromatic N) is 1. The fourth-order valence-corrected chi connectivity index (χ4v) is 3.07. The van der Waals surface area contributed by atoms with Gasteiger partial charge in [0, 0.05) is 32.7 Å². The number of hydrogen-bond donors (Lipinski definition) is 2. The molecule has 2 N–H and O–H groups in total. The molecule has 0 spiro atoms. The zero-order valence-electron chi connectivity index (χ0n) is 11.7. The lowest BCUT2D eigenvalue weighted by Crippen LogP contribution is -2.59. The first-order valence-electron chi connectivity index (χ1n) is 7.38. The molecular formula is C14H27N3O. The number of likely N-dealkylation sites (N-methyl/N-ethyl adjacent to an activating group) is 1. The number of carbonyl (C=O) groups excluding carboxylic acids is 1. The third-order valence-corrected chi connectivity index (χ3v) is 4.27. The van der Waals surface area contributed by atoms with Crippen LogP contribution in [-0.2, 0) is 4.79 Å². The Morgan fingerprint density at radius 3 is 2.50 bits per heavy atom. The highest BCUT2D eigenvalue weighted by atomic mass is 16.2. The van der Waals surface area contributed by atoms with Crippen molar-refractivity contribution in [3.63, 3.8) is 0 Å². The minimum absolute atomic E-state index is 0.0326. The average Bonchev–Trinajstić information content (AvgIpc) is 2.40. The van der Waals surface area contributed by atoms with Crippen molar-refractivity contribution in [3.8, 4) is 0 Å². The first kappa shape index (κ1) is 13.8. The summed E-state index contributed by atoms with van der Waals surface area (Å²) in [6.45, 7) is 4.72. The molecule has 1 aliphatic heterocycles. The topological polar surface area (TPSA) is 44.4 Å². The van der Waals surface area contributed by atoms with E-state index in [1.54, 1.807) is 0 Å². The molecule has 1 saturated heterocycles. The zero-order chi connectivity index (χ0) is 13.0. The Kier molecular flexibility index (Phi) is 5.01. The van der Waals surface area contributed by atoms with Crippen LogP contribution < -0.4 is 10.6 Å². The summed E-state index contributed by atoms with van der Waals surface area (Å²) in [5.74, 6) is 0.975. The smallest absolute Gasteiger partial charge is 0.240 e. The van der Waals surface area contributed by atoms with E-state index in [0.717, 1.165) is 25.6 Å². The van der Waals surface area contributed by atoms with Gasteiger partial charge < -0.3 is 15.5 Å². The van der Waals surface area contributed by atoms with Crippen LogP contribution in [0.4, 0.5) is 0 Å². The van der Waals surface area contributed by atoms with Crippen molar-refractivity contribution in [3.05, 3.63) is 0 Å². The minimum Gasteiger partial charge on any atom is -0.344 e. The number of hydrogen-bond acceptors (Lipinski definition) is 3. The Bertz CT molecular complexity index is 268. The Hall–Kier alpha value is -0.610. The van der Waals surface area contributed by atoms with Gasteiger partial charge in [-0.05, 0) is 25.7 Å². The molecule has 0 radical (unpaired) electrons. The monoisotopic (exact) mass is 253 g/mol. The highest BCUT2D eigenvalue weighted by molar-refractivity contribution is 5.82. The average molecular weight is 253 g/mol. The maximum Gasteiger partial charge on any atom is 0.240 e. The molecule has 0 aromatic heterocycles. The van der Waals surface area contributed by atoms with Crippen LogP contribution >= 0.6 is 0 Å². The molecule has 1 amide bonds. The van der Waals surface area contributed by atoms with Gasteiger partial charge in [-0.25, -0.2) is 0 Å². The predicted octanol–water partition coefficient (Wildman–Crippen LogP) is 0.975. The molecule has 1 saturated carbocycles. The third-order valence-electron chi connectivity index (χ3n) is 4.27. The lowest BCUT2D eigenvalue weighted by Gasteiger charge is -2.33. The van der Waals surface area contributed by atoms with E-state index < -0.39 is 0 Å². The van der Waals surface area contributed by atoms with Gasteiger partial charge in [0.1, 0.15) is 0 Å². The molecule has 2 unspecified atom stereocenters. The maximum atomic E-state index is 12.3. The van der Waals surface area contributed by atoms with E-state index in [9.17, 15) is 4.79 Å². The van der Waals surface area contributed by atoms with Crippen molar-refractivity contribution >= 4 is 5.91 Å². The zero-order valence-corrected chi connectivity index (χ0v) is 11.7. The van der Waals surface area contributed by atoms with Gasteiger partial charge in [-0.15, -0.1) is 0 Å². The van der Waals surface area contributed by atoms with E-state index in [0.29, 0.717) is 6.04 Å². The molecule has 0 aromatic rings. The Morgan fingerprint density at radius 2 is 1.89 bits per heavy atom. The SMILES string of the molecule is CC1CNC(C(=O)N(C)CC2CCCCC2)CN1. The van der Waals surface area contributed by atoms with Gasteiger partial charge in [0.05, 0.1) is 6.04 Å². The van der Waals surface area contributed by atoms with Crippen molar-refractivity contribution < 1.29 is 4.79 Å². The largest absolute Gasteiger partial charge is 0.344 e. The van der Waals surface area contributed by atoms with E-state index in [-0.39, 0.29) is 11.9 Å². The Labute approximate surface area is 110 Å². The Morgan fingerprint density at radius 1 is 1.17 bits per heavy atom. The van der Waals surface area contributed by atoms with Crippen molar-refractivity contribution in [2.45, 2.75) is 51.1 Å². The maximum absolute atomic E-state index is 12.3. The molecule has 4 heteroatoms. The highest BCUT2D eigenvalue weighted by Gasteiger charge is 2.27. The predicted molar refractivity (Wildman–Crippen MR) is 73.5 cm³/mol. The molecule has 0 aromatic carbocycles. The van der Waals surface area contributed by atoms with E-state index in [1.807, 2.05) is 11.9 Å². The van der Waals surface area contributed by atoms with Gasteiger partial charge in [-0.2, -0.15) is 0 Å². The second-order valence-corrected chi connectivity index (χ2v) is 5.99. The van der Waals surface area contributed by atoms with Gasteiger partial charge in [0.25, 0.3) is 0 Å². The standard InChI is InChI=1S/C14H27N3O/c1-11-8-16-13(9-15-11)14(18)17(2)10-12-6-4-3-5-7-12/h11-13,15-16H,3-10H2,1-2H3. The third kappa shape index (κ3) is 3.69. The van der Waals surface area contributed by atoms with Gasteiger partial charge >= 0.3 is 0 Å². The van der Waals surface area contributed by atoms with Gasteiger partial charge in [-0.1, -0.05) is 19.3 Å². The van der Waals surface area contributed by atoms with Gasteiger partial charge in [0.15, 0.2) is 0 Å². The fraction of sp³-hybridized carbons (Fsp3) is 0.929. The van der Waals surface area contributed by atoms with Crippen LogP contribution in [0.15, 0.2) is 0 Å². The minimum atomic E-state index is -0.0326. The van der Waals surface area contributed by atoms with E-state index in [4.69, 9.17) is 0 Å². The number of rotatable bonds is 3. The summed E-state index contributed by atoms with van der Waals surface area (Å²) < 4.78 is 0. The first-order valence-corrected chi connectivity index (χ1v) is 7.38. The van der Waals surface area contributed by atoms with Crippen molar-refractivity contribution in [2.24, 2.45) is 5.92 Å². The van der Waals surface area contributed by atoms with Crippen molar-refractivity contribution in [1.29, 1.82) is 0 Å². The van der Waals surface area contributed by atoms with E-state index in [2.05, 4.69) is 17.6 Å². The molecule has 2 fully saturated rings. The summed E-state index contributed by atoms with van der Waals surface area (Å²) in [4.78, 5) is 14.2. The lowest BCUT2D eigenvalue weighted by atomic mass is 9.89. The summed E-state index contributed by atoms with van der Waals surface area (Å²) in [7, 11) is 1.96. The molecule has 2 atom stereocenters. The molecule has 1 aliphatic carbocycles. The van der Waals surface area contributed by atoms with Crippen LogP contribution in [-0.4, -0.2) is 49.6 Å². The molecule has 104 valence electrons. The van der Waals surface area contributed by atoms with Crippen LogP contribution in [0.5, 0.6) is 0 Å². The van der Waals surface area contributed by atoms with Crippen LogP contribution in [0.2, 0.25) is 0 Å². The number of nitrogens with one attached hydrogen (secondary N) is 2. The molecule has 4 nitrogen and oxygen atoms in total. The van der Waals surface area contributed by atoms with Crippen molar-refractivity contribution in [1.82, 2.24) is 15.5 Å². The number of piperazine rings is 1. The van der Waals surface area contributed by atoms with Crippen LogP contribution in [0.1, 0.15) is 39.0 Å². The number of carbonyl (C=O) groups is 1. The van der Waals surface area contributed by atoms with Crippen LogP contribution in [0, 0.1) is 5.92 Å². The summed E-state index contributed by atoms with van der Waals surface area (Å²) in [6, 6.07) is 0.437. The normalized spacial score (nSPS) is 30.1. The van der Waals surface area contributed by atoms with Crippen LogP contribution in [0.3, 0.4) is 0 Å². The van der Waals surface area contributed by atoms with Crippen LogP contribution in [0.25, 0.3) is 0 Å². The number of amides is 1. The molecular weight excluding hydrogens is 226 g/mol. The van der Waals surface area contributed by atoms with Crippen molar-refractivity contribution in [2.75, 3.05) is 26.7 Å². The second kappa shape index (κ2) is 6.53. The van der Waals surface area contributed by atoms with Gasteiger partial charge in [0.2, 0.25) is 5.91 Å². The molecule has 0 bridgehead atoms. The first-order chi connectivity index (χ1) is 8.66. The fourth-order valence-electron chi connectivity index (χ4n) is 3.07. The summed E-state index contributed by atoms with van der Waals surface area (Å²) >= 11 is 0. The molecule has 1 heterocycles. The van der Waals surface area contributed by atoms with E-state index in [1.165, 1.54) is 32.1 Å².